The number of benzene rings is 2. The van der Waals surface area contributed by atoms with Gasteiger partial charge < -0.3 is 20.4 Å². The van der Waals surface area contributed by atoms with Gasteiger partial charge in [0.2, 0.25) is 0 Å². The normalized spacial score (nSPS) is 14.0. The summed E-state index contributed by atoms with van der Waals surface area (Å²) in [6, 6.07) is 8.81. The molecule has 3 aromatic rings. The highest BCUT2D eigenvalue weighted by atomic mass is 19.1. The van der Waals surface area contributed by atoms with Gasteiger partial charge in [0.15, 0.2) is 0 Å². The van der Waals surface area contributed by atoms with Crippen LogP contribution in [-0.4, -0.2) is 11.9 Å². The monoisotopic (exact) mass is 395 g/mol. The summed E-state index contributed by atoms with van der Waals surface area (Å²) in [5.74, 6) is 0.161. The zero-order valence-electron chi connectivity index (χ0n) is 16.4. The molecule has 0 spiro atoms. The number of hydrogen-bond donors (Lipinski definition) is 3. The molecular weight excluding hydrogens is 373 g/mol. The van der Waals surface area contributed by atoms with Gasteiger partial charge in [-0.25, -0.2) is 9.18 Å². The largest absolute Gasteiger partial charge is 0.459 e. The minimum atomic E-state index is -0.409. The van der Waals surface area contributed by atoms with Crippen molar-refractivity contribution in [3.63, 3.8) is 0 Å². The van der Waals surface area contributed by atoms with E-state index in [1.165, 1.54) is 12.1 Å². The lowest BCUT2D eigenvalue weighted by Crippen LogP contribution is -2.35. The van der Waals surface area contributed by atoms with E-state index in [0.717, 1.165) is 11.1 Å². The smallest absolute Gasteiger partial charge is 0.319 e. The number of rotatable bonds is 4. The van der Waals surface area contributed by atoms with Crippen LogP contribution in [0.25, 0.3) is 11.0 Å². The predicted octanol–water partition coefficient (Wildman–Crippen LogP) is 4.64. The lowest BCUT2D eigenvalue weighted by Gasteiger charge is -2.21. The molecule has 3 amide bonds. The van der Waals surface area contributed by atoms with Crippen LogP contribution in [0.15, 0.2) is 40.8 Å². The summed E-state index contributed by atoms with van der Waals surface area (Å²) in [6.45, 7) is 6.30. The molecule has 0 saturated carbocycles. The van der Waals surface area contributed by atoms with Crippen molar-refractivity contribution in [1.82, 2.24) is 10.6 Å². The van der Waals surface area contributed by atoms with Crippen LogP contribution in [0.4, 0.5) is 14.9 Å². The second-order valence-corrected chi connectivity index (χ2v) is 7.61. The quantitative estimate of drug-likeness (QED) is 0.602. The summed E-state index contributed by atoms with van der Waals surface area (Å²) in [7, 11) is 0. The highest BCUT2D eigenvalue weighted by molar-refractivity contribution is 6.00. The van der Waals surface area contributed by atoms with Crippen LogP contribution in [-0.2, 0) is 6.54 Å². The van der Waals surface area contributed by atoms with Gasteiger partial charge in [-0.1, -0.05) is 19.9 Å². The van der Waals surface area contributed by atoms with E-state index in [1.807, 2.05) is 26.8 Å². The zero-order valence-corrected chi connectivity index (χ0v) is 16.4. The van der Waals surface area contributed by atoms with Gasteiger partial charge >= 0.3 is 6.03 Å². The van der Waals surface area contributed by atoms with E-state index in [9.17, 15) is 14.0 Å². The number of nitrogens with one attached hydrogen (secondary N) is 3. The molecular formula is C22H22FN3O3. The Hall–Kier alpha value is -3.35. The molecule has 1 aliphatic rings. The minimum absolute atomic E-state index is 0.0376. The Bertz CT molecular complexity index is 1120. The summed E-state index contributed by atoms with van der Waals surface area (Å²) >= 11 is 0. The summed E-state index contributed by atoms with van der Waals surface area (Å²) in [6.07, 6.45) is 0. The molecule has 0 bridgehead atoms. The standard InChI is InChI=1S/C22H22FN3O3/c1-11(2)19(20-12(3)16-8-14(23)5-7-18(16)29-20)26-22(28)25-15-6-4-13-10-24-21(27)17(13)9-15/h4-9,11,19H,10H2,1-3H3,(H,24,27)(H2,25,26,28)/t19-/m1/s1. The molecule has 2 heterocycles. The van der Waals surface area contributed by atoms with Gasteiger partial charge in [0, 0.05) is 28.7 Å². The first kappa shape index (κ1) is 19.0. The second kappa shape index (κ2) is 7.24. The Labute approximate surface area is 167 Å². The van der Waals surface area contributed by atoms with Gasteiger partial charge in [0.05, 0.1) is 6.04 Å². The van der Waals surface area contributed by atoms with Crippen LogP contribution >= 0.6 is 0 Å². The van der Waals surface area contributed by atoms with Crippen molar-refractivity contribution in [1.29, 1.82) is 0 Å². The van der Waals surface area contributed by atoms with Crippen LogP contribution in [0, 0.1) is 18.7 Å². The Balaban J connectivity index is 1.56. The van der Waals surface area contributed by atoms with Gasteiger partial charge in [-0.05, 0) is 48.7 Å². The zero-order chi connectivity index (χ0) is 20.7. The van der Waals surface area contributed by atoms with Gasteiger partial charge in [0.1, 0.15) is 17.2 Å². The van der Waals surface area contributed by atoms with Crippen LogP contribution in [0.5, 0.6) is 0 Å². The van der Waals surface area contributed by atoms with Crippen LogP contribution in [0.3, 0.4) is 0 Å². The lowest BCUT2D eigenvalue weighted by atomic mass is 9.98. The maximum Gasteiger partial charge on any atom is 0.319 e. The van der Waals surface area contributed by atoms with E-state index in [0.29, 0.717) is 34.5 Å². The average Bonchev–Trinajstić information content (AvgIpc) is 3.20. The molecule has 0 radical (unpaired) electrons. The third kappa shape index (κ3) is 3.55. The second-order valence-electron chi connectivity index (χ2n) is 7.61. The van der Waals surface area contributed by atoms with Gasteiger partial charge in [-0.3, -0.25) is 4.79 Å². The number of amides is 3. The van der Waals surface area contributed by atoms with E-state index in [1.54, 1.807) is 18.2 Å². The number of carbonyl (C=O) groups excluding carboxylic acids is 2. The Morgan fingerprint density at radius 3 is 2.76 bits per heavy atom. The van der Waals surface area contributed by atoms with Crippen LogP contribution in [0.1, 0.15) is 47.1 Å². The van der Waals surface area contributed by atoms with Crippen molar-refractivity contribution in [3.05, 3.63) is 64.7 Å². The topological polar surface area (TPSA) is 83.4 Å². The van der Waals surface area contributed by atoms with Crippen molar-refractivity contribution in [2.24, 2.45) is 5.92 Å². The average molecular weight is 395 g/mol. The molecule has 0 fully saturated rings. The molecule has 0 saturated heterocycles. The number of anilines is 1. The molecule has 4 rings (SSSR count). The third-order valence-corrected chi connectivity index (χ3v) is 5.22. The van der Waals surface area contributed by atoms with Crippen molar-refractivity contribution in [2.75, 3.05) is 5.32 Å². The molecule has 29 heavy (non-hydrogen) atoms. The number of urea groups is 1. The van der Waals surface area contributed by atoms with Crippen molar-refractivity contribution < 1.29 is 18.4 Å². The fourth-order valence-electron chi connectivity index (χ4n) is 3.64. The number of hydrogen-bond acceptors (Lipinski definition) is 3. The van der Waals surface area contributed by atoms with Gasteiger partial charge in [-0.2, -0.15) is 0 Å². The number of aryl methyl sites for hydroxylation is 1. The Morgan fingerprint density at radius 1 is 1.21 bits per heavy atom. The van der Waals surface area contributed by atoms with Gasteiger partial charge in [0.25, 0.3) is 5.91 Å². The highest BCUT2D eigenvalue weighted by Crippen LogP contribution is 2.33. The first-order valence-electron chi connectivity index (χ1n) is 9.50. The molecule has 6 nitrogen and oxygen atoms in total. The number of halogens is 1. The van der Waals surface area contributed by atoms with E-state index < -0.39 is 12.1 Å². The van der Waals surface area contributed by atoms with Crippen LogP contribution < -0.4 is 16.0 Å². The summed E-state index contributed by atoms with van der Waals surface area (Å²) in [4.78, 5) is 24.5. The van der Waals surface area contributed by atoms with E-state index in [4.69, 9.17) is 4.42 Å². The summed E-state index contributed by atoms with van der Waals surface area (Å²) < 4.78 is 19.6. The molecule has 0 unspecified atom stereocenters. The summed E-state index contributed by atoms with van der Waals surface area (Å²) in [5, 5.41) is 9.16. The van der Waals surface area contributed by atoms with Crippen LogP contribution in [0.2, 0.25) is 0 Å². The van der Waals surface area contributed by atoms with E-state index >= 15 is 0 Å². The minimum Gasteiger partial charge on any atom is -0.459 e. The van der Waals surface area contributed by atoms with Gasteiger partial charge in [-0.15, -0.1) is 0 Å². The molecule has 1 atom stereocenters. The molecule has 150 valence electrons. The lowest BCUT2D eigenvalue weighted by molar-refractivity contribution is 0.0965. The predicted molar refractivity (Wildman–Crippen MR) is 108 cm³/mol. The van der Waals surface area contributed by atoms with E-state index in [-0.39, 0.29) is 17.6 Å². The molecule has 1 aliphatic heterocycles. The van der Waals surface area contributed by atoms with Crippen molar-refractivity contribution >= 4 is 28.6 Å². The molecule has 7 heteroatoms. The fourth-order valence-corrected chi connectivity index (χ4v) is 3.64. The first-order chi connectivity index (χ1) is 13.8. The summed E-state index contributed by atoms with van der Waals surface area (Å²) in [5.41, 5.74) is 3.39. The van der Waals surface area contributed by atoms with Crippen molar-refractivity contribution in [3.8, 4) is 0 Å². The molecule has 0 aliphatic carbocycles. The first-order valence-corrected chi connectivity index (χ1v) is 9.50. The Morgan fingerprint density at radius 2 is 2.00 bits per heavy atom. The number of carbonyl (C=O) groups is 2. The Kier molecular flexibility index (Phi) is 4.74. The van der Waals surface area contributed by atoms with Crippen molar-refractivity contribution in [2.45, 2.75) is 33.4 Å². The molecule has 2 aromatic carbocycles. The number of fused-ring (bicyclic) bond motifs is 2. The number of furan rings is 1. The highest BCUT2D eigenvalue weighted by Gasteiger charge is 2.26. The SMILES string of the molecule is Cc1c([C@H](NC(=O)Nc2ccc3c(c2)C(=O)NC3)C(C)C)oc2ccc(F)cc12. The molecule has 3 N–H and O–H groups in total. The fraction of sp³-hybridized carbons (Fsp3) is 0.273. The molecule has 1 aromatic heterocycles. The van der Waals surface area contributed by atoms with E-state index in [2.05, 4.69) is 16.0 Å². The maximum absolute atomic E-state index is 13.6. The maximum atomic E-state index is 13.6. The third-order valence-electron chi connectivity index (χ3n) is 5.22.